The highest BCUT2D eigenvalue weighted by Crippen LogP contribution is 2.46. The molecule has 0 radical (unpaired) electrons. The topological polar surface area (TPSA) is 178 Å². The number of halogens is 1. The number of methoxy groups -OCH3 is 1. The van der Waals surface area contributed by atoms with Crippen molar-refractivity contribution in [2.75, 3.05) is 13.7 Å². The molecule has 210 valence electrons. The Labute approximate surface area is 217 Å². The van der Waals surface area contributed by atoms with Crippen molar-refractivity contribution in [3.8, 4) is 5.75 Å². The number of hydrogen-bond acceptors (Lipinski definition) is 10. The molecule has 0 bridgehead atoms. The maximum atomic E-state index is 15.9. The Hall–Kier alpha value is -3.13. The van der Waals surface area contributed by atoms with E-state index in [2.05, 4.69) is 11.7 Å². The molecule has 1 heterocycles. The van der Waals surface area contributed by atoms with Crippen LogP contribution < -0.4 is 20.9 Å². The van der Waals surface area contributed by atoms with Crippen molar-refractivity contribution in [2.24, 2.45) is 0 Å². The van der Waals surface area contributed by atoms with E-state index in [1.54, 1.807) is 32.0 Å². The van der Waals surface area contributed by atoms with E-state index in [0.717, 1.165) is 19.4 Å². The number of aliphatic hydroxyl groups excluding tert-OH is 1. The van der Waals surface area contributed by atoms with Crippen LogP contribution in [-0.2, 0) is 29.1 Å². The van der Waals surface area contributed by atoms with Gasteiger partial charge >= 0.3 is 19.4 Å². The number of benzene rings is 1. The third-order valence-electron chi connectivity index (χ3n) is 5.12. The number of H-pyrrole nitrogens is 1. The van der Waals surface area contributed by atoms with Gasteiger partial charge in [-0.05, 0) is 39.0 Å². The molecule has 2 aromatic rings. The minimum atomic E-state index is -4.60. The number of carbonyl (C=O) groups is 1. The molecule has 0 saturated carbocycles. The summed E-state index contributed by atoms with van der Waals surface area (Å²) in [6, 6.07) is 7.19. The van der Waals surface area contributed by atoms with E-state index in [1.165, 1.54) is 19.1 Å². The van der Waals surface area contributed by atoms with Crippen LogP contribution in [0, 0.1) is 0 Å². The van der Waals surface area contributed by atoms with Crippen molar-refractivity contribution in [1.29, 1.82) is 0 Å². The second kappa shape index (κ2) is 12.6. The number of carbonyl (C=O) groups excluding carboxylic acids is 1. The molecule has 0 spiro atoms. The highest BCUT2D eigenvalue weighted by molar-refractivity contribution is 7.52. The molecule has 4 N–H and O–H groups in total. The van der Waals surface area contributed by atoms with Crippen molar-refractivity contribution in [3.63, 3.8) is 0 Å². The van der Waals surface area contributed by atoms with Crippen LogP contribution in [-0.4, -0.2) is 63.6 Å². The zero-order valence-corrected chi connectivity index (χ0v) is 22.1. The van der Waals surface area contributed by atoms with Crippen molar-refractivity contribution in [3.05, 3.63) is 76.1 Å². The molecule has 15 heteroatoms. The van der Waals surface area contributed by atoms with Gasteiger partial charge in [-0.15, -0.1) is 0 Å². The van der Waals surface area contributed by atoms with E-state index < -0.39 is 61.4 Å². The fraction of sp³-hybridized carbons (Fsp3) is 0.435. The Morgan fingerprint density at radius 2 is 1.89 bits per heavy atom. The first-order chi connectivity index (χ1) is 17.7. The van der Waals surface area contributed by atoms with Crippen LogP contribution in [0.1, 0.15) is 20.8 Å². The predicted octanol–water partition coefficient (Wildman–Crippen LogP) is 1.17. The Morgan fingerprint density at radius 3 is 2.42 bits per heavy atom. The third kappa shape index (κ3) is 7.47. The van der Waals surface area contributed by atoms with Gasteiger partial charge in [-0.25, -0.2) is 13.8 Å². The van der Waals surface area contributed by atoms with E-state index in [-0.39, 0.29) is 5.75 Å². The van der Waals surface area contributed by atoms with Crippen LogP contribution in [0.2, 0.25) is 0 Å². The lowest BCUT2D eigenvalue weighted by Gasteiger charge is -2.39. The highest BCUT2D eigenvalue weighted by atomic mass is 31.2. The minimum absolute atomic E-state index is 0.0255. The average molecular weight is 559 g/mol. The normalized spacial score (nSPS) is 17.9. The molecule has 5 unspecified atom stereocenters. The number of ether oxygens (including phenoxy) is 2. The molecular formula is C23H31FN3O10P. The molecule has 0 aliphatic carbocycles. The number of rotatable bonds is 14. The molecule has 0 amide bonds. The number of hydrogen-bond donors (Lipinski definition) is 4. The number of nitrogens with one attached hydrogen (secondary N) is 2. The lowest BCUT2D eigenvalue weighted by atomic mass is 9.99. The van der Waals surface area contributed by atoms with Crippen LogP contribution in [0.4, 0.5) is 4.39 Å². The molecule has 0 aliphatic rings. The van der Waals surface area contributed by atoms with Crippen LogP contribution in [0.25, 0.3) is 0 Å². The molecule has 1 aromatic carbocycles. The SMILES string of the molecule is C=CC(O)(C(O)C(F)(COP(=O)(NC(C)C(=O)OC(C)C)Oc1ccccc1)OC)n1ccc(=O)[nH]c1=O. The monoisotopic (exact) mass is 559 g/mol. The number of alkyl halides is 1. The summed E-state index contributed by atoms with van der Waals surface area (Å²) in [5, 5.41) is 24.1. The summed E-state index contributed by atoms with van der Waals surface area (Å²) in [6.07, 6.45) is -1.69. The molecule has 5 atom stereocenters. The first-order valence-corrected chi connectivity index (χ1v) is 12.8. The van der Waals surface area contributed by atoms with Gasteiger partial charge in [-0.1, -0.05) is 24.8 Å². The van der Waals surface area contributed by atoms with Gasteiger partial charge in [-0.2, -0.15) is 5.09 Å². The summed E-state index contributed by atoms with van der Waals surface area (Å²) < 4.78 is 50.4. The number of esters is 1. The van der Waals surface area contributed by atoms with Gasteiger partial charge < -0.3 is 24.2 Å². The Balaban J connectivity index is 2.39. The van der Waals surface area contributed by atoms with E-state index in [9.17, 15) is 29.2 Å². The van der Waals surface area contributed by atoms with Gasteiger partial charge in [0, 0.05) is 19.4 Å². The number of nitrogens with zero attached hydrogens (tertiary/aromatic N) is 1. The van der Waals surface area contributed by atoms with Gasteiger partial charge in [0.15, 0.2) is 11.8 Å². The second-order valence-corrected chi connectivity index (χ2v) is 10.1. The molecule has 38 heavy (non-hydrogen) atoms. The summed E-state index contributed by atoms with van der Waals surface area (Å²) in [7, 11) is -3.79. The van der Waals surface area contributed by atoms with Crippen LogP contribution in [0.15, 0.2) is 64.8 Å². The molecule has 2 rings (SSSR count). The lowest BCUT2D eigenvalue weighted by Crippen LogP contribution is -2.60. The number of aromatic amines is 1. The van der Waals surface area contributed by atoms with E-state index >= 15 is 4.39 Å². The van der Waals surface area contributed by atoms with Crippen LogP contribution >= 0.6 is 7.75 Å². The van der Waals surface area contributed by atoms with Crippen molar-refractivity contribution in [2.45, 2.75) is 50.6 Å². The van der Waals surface area contributed by atoms with E-state index in [1.807, 2.05) is 4.98 Å². The first-order valence-electron chi connectivity index (χ1n) is 11.3. The summed E-state index contributed by atoms with van der Waals surface area (Å²) in [5.41, 5.74) is -4.89. The molecule has 13 nitrogen and oxygen atoms in total. The van der Waals surface area contributed by atoms with E-state index in [0.29, 0.717) is 10.6 Å². The van der Waals surface area contributed by atoms with Crippen molar-refractivity contribution in [1.82, 2.24) is 14.6 Å². The Morgan fingerprint density at radius 1 is 1.26 bits per heavy atom. The highest BCUT2D eigenvalue weighted by Gasteiger charge is 2.53. The maximum absolute atomic E-state index is 15.9. The van der Waals surface area contributed by atoms with E-state index in [4.69, 9.17) is 18.5 Å². The smallest absolute Gasteiger partial charge is 0.459 e. The van der Waals surface area contributed by atoms with Crippen LogP contribution in [0.3, 0.4) is 0 Å². The number of aromatic nitrogens is 2. The van der Waals surface area contributed by atoms with Gasteiger partial charge in [0.1, 0.15) is 18.4 Å². The van der Waals surface area contributed by atoms with Gasteiger partial charge in [0.05, 0.1) is 6.10 Å². The summed E-state index contributed by atoms with van der Waals surface area (Å²) in [6.45, 7) is 6.49. The van der Waals surface area contributed by atoms with Gasteiger partial charge in [0.2, 0.25) is 0 Å². The van der Waals surface area contributed by atoms with Gasteiger partial charge in [-0.3, -0.25) is 23.7 Å². The second-order valence-electron chi connectivity index (χ2n) is 8.37. The molecule has 0 aliphatic heterocycles. The third-order valence-corrected chi connectivity index (χ3v) is 6.74. The lowest BCUT2D eigenvalue weighted by molar-refractivity contribution is -0.264. The first kappa shape index (κ1) is 31.1. The molecule has 0 fully saturated rings. The van der Waals surface area contributed by atoms with Gasteiger partial charge in [0.25, 0.3) is 11.4 Å². The summed E-state index contributed by atoms with van der Waals surface area (Å²) >= 11 is 0. The number of para-hydroxylation sites is 1. The maximum Gasteiger partial charge on any atom is 0.459 e. The molecule has 0 saturated heterocycles. The zero-order chi connectivity index (χ0) is 28.7. The van der Waals surface area contributed by atoms with Crippen molar-refractivity contribution < 1.29 is 42.5 Å². The average Bonchev–Trinajstić information content (AvgIpc) is 2.86. The summed E-state index contributed by atoms with van der Waals surface area (Å²) in [4.78, 5) is 37.7. The van der Waals surface area contributed by atoms with Crippen molar-refractivity contribution >= 4 is 13.7 Å². The summed E-state index contributed by atoms with van der Waals surface area (Å²) in [5.74, 6) is -4.13. The predicted molar refractivity (Wildman–Crippen MR) is 133 cm³/mol. The Bertz CT molecular complexity index is 1270. The fourth-order valence-electron chi connectivity index (χ4n) is 3.12. The largest absolute Gasteiger partial charge is 0.462 e. The fourth-order valence-corrected chi connectivity index (χ4v) is 4.62. The van der Waals surface area contributed by atoms with Crippen LogP contribution in [0.5, 0.6) is 5.75 Å². The molecular weight excluding hydrogens is 528 g/mol. The number of aliphatic hydroxyl groups is 2. The Kier molecular flexibility index (Phi) is 10.3. The minimum Gasteiger partial charge on any atom is -0.462 e. The quantitative estimate of drug-likeness (QED) is 0.148. The molecule has 1 aromatic heterocycles. The standard InChI is InChI=1S/C23H31FN3O10P/c1-6-23(32,27-13-12-18(28)25-21(27)31)20(30)22(24,34-5)14-35-38(33,37-17-10-8-7-9-11-17)26-16(4)19(29)36-15(2)3/h6-13,15-16,20,30,32H,1,14H2,2-5H3,(H,26,33)(H,25,28,31). The zero-order valence-electron chi connectivity index (χ0n) is 21.2.